The second-order valence-corrected chi connectivity index (χ2v) is 5.02. The van der Waals surface area contributed by atoms with Crippen LogP contribution >= 0.6 is 0 Å². The number of rotatable bonds is 12. The summed E-state index contributed by atoms with van der Waals surface area (Å²) < 4.78 is 0. The number of hydrogen-bond donors (Lipinski definition) is 1. The van der Waals surface area contributed by atoms with Crippen molar-refractivity contribution in [1.29, 1.82) is 0 Å². The molecular formula is C18H32O. The lowest BCUT2D eigenvalue weighted by molar-refractivity contribution is 0.207. The summed E-state index contributed by atoms with van der Waals surface area (Å²) in [6, 6.07) is 0. The van der Waals surface area contributed by atoms with Crippen LogP contribution in [0.15, 0.2) is 36.5 Å². The zero-order chi connectivity index (χ0) is 14.2. The largest absolute Gasteiger partial charge is 0.389 e. The Labute approximate surface area is 120 Å². The van der Waals surface area contributed by atoms with Crippen LogP contribution in [0.4, 0.5) is 0 Å². The van der Waals surface area contributed by atoms with Gasteiger partial charge in [0.15, 0.2) is 0 Å². The summed E-state index contributed by atoms with van der Waals surface area (Å²) in [5.41, 5.74) is 0. The van der Waals surface area contributed by atoms with Gasteiger partial charge in [0.1, 0.15) is 0 Å². The fourth-order valence-corrected chi connectivity index (χ4v) is 1.90. The summed E-state index contributed by atoms with van der Waals surface area (Å²) in [4.78, 5) is 0. The molecule has 0 radical (unpaired) electrons. The van der Waals surface area contributed by atoms with Crippen LogP contribution in [0, 0.1) is 0 Å². The summed E-state index contributed by atoms with van der Waals surface area (Å²) in [6.07, 6.45) is 22.7. The predicted molar refractivity (Wildman–Crippen MR) is 86.3 cm³/mol. The maximum absolute atomic E-state index is 9.76. The van der Waals surface area contributed by atoms with Gasteiger partial charge in [-0.05, 0) is 25.7 Å². The molecule has 1 heteroatoms. The van der Waals surface area contributed by atoms with Crippen LogP contribution in [0.3, 0.4) is 0 Å². The second-order valence-electron chi connectivity index (χ2n) is 5.02. The summed E-state index contributed by atoms with van der Waals surface area (Å²) in [5.74, 6) is 0. The van der Waals surface area contributed by atoms with E-state index in [4.69, 9.17) is 0 Å². The van der Waals surface area contributed by atoms with E-state index in [0.29, 0.717) is 0 Å². The summed E-state index contributed by atoms with van der Waals surface area (Å²) in [6.45, 7) is 4.37. The van der Waals surface area contributed by atoms with Gasteiger partial charge < -0.3 is 5.11 Å². The zero-order valence-electron chi connectivity index (χ0n) is 12.9. The Balaban J connectivity index is 3.45. The molecule has 0 aliphatic rings. The van der Waals surface area contributed by atoms with Gasteiger partial charge in [-0.3, -0.25) is 0 Å². The van der Waals surface area contributed by atoms with Gasteiger partial charge in [0.2, 0.25) is 0 Å². The van der Waals surface area contributed by atoms with E-state index in [2.05, 4.69) is 44.2 Å². The van der Waals surface area contributed by atoms with Gasteiger partial charge in [-0.15, -0.1) is 0 Å². The third kappa shape index (κ3) is 15.1. The Bertz CT molecular complexity index is 250. The molecule has 0 bridgehead atoms. The molecule has 0 saturated carbocycles. The second kappa shape index (κ2) is 15.2. The Morgan fingerprint density at radius 1 is 0.789 bits per heavy atom. The van der Waals surface area contributed by atoms with Crippen molar-refractivity contribution in [3.63, 3.8) is 0 Å². The van der Waals surface area contributed by atoms with Crippen molar-refractivity contribution < 1.29 is 5.11 Å². The molecule has 0 saturated heterocycles. The average Bonchev–Trinajstić information content (AvgIpc) is 2.41. The Morgan fingerprint density at radius 2 is 1.42 bits per heavy atom. The molecule has 0 fully saturated rings. The minimum absolute atomic E-state index is 0.255. The molecule has 0 aromatic rings. The first kappa shape index (κ1) is 18.2. The van der Waals surface area contributed by atoms with Gasteiger partial charge in [-0.2, -0.15) is 0 Å². The molecule has 1 atom stereocenters. The van der Waals surface area contributed by atoms with Crippen molar-refractivity contribution in [3.8, 4) is 0 Å². The van der Waals surface area contributed by atoms with E-state index in [-0.39, 0.29) is 6.10 Å². The molecule has 1 unspecified atom stereocenters. The average molecular weight is 264 g/mol. The molecule has 110 valence electrons. The molecule has 0 aromatic carbocycles. The van der Waals surface area contributed by atoms with Gasteiger partial charge >= 0.3 is 0 Å². The predicted octanol–water partition coefficient (Wildman–Crippen LogP) is 5.57. The van der Waals surface area contributed by atoms with E-state index < -0.39 is 0 Å². The molecular weight excluding hydrogens is 232 g/mol. The van der Waals surface area contributed by atoms with E-state index in [1.54, 1.807) is 0 Å². The first-order chi connectivity index (χ1) is 9.31. The zero-order valence-corrected chi connectivity index (χ0v) is 12.9. The molecule has 0 aliphatic carbocycles. The third-order valence-corrected chi connectivity index (χ3v) is 3.08. The molecule has 0 heterocycles. The van der Waals surface area contributed by atoms with E-state index in [1.807, 2.05) is 6.08 Å². The van der Waals surface area contributed by atoms with E-state index in [0.717, 1.165) is 32.1 Å². The van der Waals surface area contributed by atoms with Gasteiger partial charge in [0, 0.05) is 0 Å². The SMILES string of the molecule is CCC=CCC=CCC=CC(O)CCCCCCC. The number of unbranched alkanes of at least 4 members (excludes halogenated alkanes) is 4. The van der Waals surface area contributed by atoms with Gasteiger partial charge in [-0.1, -0.05) is 82.4 Å². The molecule has 0 spiro atoms. The molecule has 19 heavy (non-hydrogen) atoms. The lowest BCUT2D eigenvalue weighted by Gasteiger charge is -2.04. The Morgan fingerprint density at radius 3 is 2.11 bits per heavy atom. The van der Waals surface area contributed by atoms with Crippen LogP contribution in [-0.4, -0.2) is 11.2 Å². The third-order valence-electron chi connectivity index (χ3n) is 3.08. The lowest BCUT2D eigenvalue weighted by atomic mass is 10.1. The van der Waals surface area contributed by atoms with E-state index in [1.165, 1.54) is 25.7 Å². The standard InChI is InChI=1S/C18H32O/c1-3-5-7-9-10-11-13-15-17-18(19)16-14-12-8-6-4-2/h5,7,10-11,15,17-19H,3-4,6,8-9,12-14,16H2,1-2H3. The van der Waals surface area contributed by atoms with E-state index >= 15 is 0 Å². The highest BCUT2D eigenvalue weighted by molar-refractivity contribution is 4.98. The number of aliphatic hydroxyl groups excluding tert-OH is 1. The van der Waals surface area contributed by atoms with Gasteiger partial charge in [-0.25, -0.2) is 0 Å². The quantitative estimate of drug-likeness (QED) is 0.361. The number of allylic oxidation sites excluding steroid dienone is 5. The van der Waals surface area contributed by atoms with Crippen LogP contribution in [0.5, 0.6) is 0 Å². The summed E-state index contributed by atoms with van der Waals surface area (Å²) in [5, 5.41) is 9.76. The molecule has 0 aromatic heterocycles. The molecule has 0 rings (SSSR count). The van der Waals surface area contributed by atoms with Crippen LogP contribution in [0.25, 0.3) is 0 Å². The molecule has 1 nitrogen and oxygen atoms in total. The maximum atomic E-state index is 9.76. The number of hydrogen-bond acceptors (Lipinski definition) is 1. The first-order valence-corrected chi connectivity index (χ1v) is 7.96. The Hall–Kier alpha value is -0.820. The molecule has 0 amide bonds. The minimum Gasteiger partial charge on any atom is -0.389 e. The summed E-state index contributed by atoms with van der Waals surface area (Å²) in [7, 11) is 0. The Kier molecular flexibility index (Phi) is 14.6. The van der Waals surface area contributed by atoms with Crippen molar-refractivity contribution in [1.82, 2.24) is 0 Å². The van der Waals surface area contributed by atoms with E-state index in [9.17, 15) is 5.11 Å². The fourth-order valence-electron chi connectivity index (χ4n) is 1.90. The van der Waals surface area contributed by atoms with Crippen LogP contribution in [0.1, 0.15) is 71.6 Å². The van der Waals surface area contributed by atoms with Crippen LogP contribution < -0.4 is 0 Å². The molecule has 1 N–H and O–H groups in total. The van der Waals surface area contributed by atoms with Crippen LogP contribution in [-0.2, 0) is 0 Å². The van der Waals surface area contributed by atoms with Crippen molar-refractivity contribution in [2.75, 3.05) is 0 Å². The monoisotopic (exact) mass is 264 g/mol. The minimum atomic E-state index is -0.255. The van der Waals surface area contributed by atoms with Crippen molar-refractivity contribution in [2.24, 2.45) is 0 Å². The van der Waals surface area contributed by atoms with Crippen molar-refractivity contribution >= 4 is 0 Å². The highest BCUT2D eigenvalue weighted by Crippen LogP contribution is 2.08. The highest BCUT2D eigenvalue weighted by Gasteiger charge is 1.97. The normalized spacial score (nSPS) is 14.1. The molecule has 0 aliphatic heterocycles. The summed E-state index contributed by atoms with van der Waals surface area (Å²) >= 11 is 0. The smallest absolute Gasteiger partial charge is 0.0721 e. The van der Waals surface area contributed by atoms with Crippen molar-refractivity contribution in [2.45, 2.75) is 77.7 Å². The lowest BCUT2D eigenvalue weighted by Crippen LogP contribution is -2.01. The van der Waals surface area contributed by atoms with Crippen LogP contribution in [0.2, 0.25) is 0 Å². The highest BCUT2D eigenvalue weighted by atomic mass is 16.3. The van der Waals surface area contributed by atoms with Crippen molar-refractivity contribution in [3.05, 3.63) is 36.5 Å². The van der Waals surface area contributed by atoms with Gasteiger partial charge in [0.05, 0.1) is 6.10 Å². The fraction of sp³-hybridized carbons (Fsp3) is 0.667. The first-order valence-electron chi connectivity index (χ1n) is 7.96. The number of aliphatic hydroxyl groups is 1. The maximum Gasteiger partial charge on any atom is 0.0721 e. The topological polar surface area (TPSA) is 20.2 Å². The van der Waals surface area contributed by atoms with Gasteiger partial charge in [0.25, 0.3) is 0 Å².